The zero-order chi connectivity index (χ0) is 14.2. The van der Waals surface area contributed by atoms with E-state index < -0.39 is 17.5 Å². The molecule has 5 heteroatoms. The summed E-state index contributed by atoms with van der Waals surface area (Å²) < 4.78 is 39.6. The van der Waals surface area contributed by atoms with Crippen molar-refractivity contribution in [1.29, 1.82) is 0 Å². The van der Waals surface area contributed by atoms with Gasteiger partial charge in [-0.15, -0.1) is 0 Å². The van der Waals surface area contributed by atoms with Gasteiger partial charge in [0.2, 0.25) is 0 Å². The maximum atomic E-state index is 13.3. The second-order valence-electron chi connectivity index (χ2n) is 5.46. The SMILES string of the molecule is CC1CN(C(CN)c2cc(F)c(F)c(F)c2)CC1C. The van der Waals surface area contributed by atoms with Gasteiger partial charge in [0, 0.05) is 25.7 Å². The third-order valence-electron chi connectivity index (χ3n) is 4.07. The van der Waals surface area contributed by atoms with Crippen molar-refractivity contribution in [3.8, 4) is 0 Å². The molecule has 2 nitrogen and oxygen atoms in total. The second-order valence-corrected chi connectivity index (χ2v) is 5.46. The Labute approximate surface area is 111 Å². The van der Waals surface area contributed by atoms with E-state index in [0.717, 1.165) is 25.2 Å². The van der Waals surface area contributed by atoms with Crippen LogP contribution in [0.1, 0.15) is 25.5 Å². The largest absolute Gasteiger partial charge is 0.329 e. The lowest BCUT2D eigenvalue weighted by Gasteiger charge is -2.27. The van der Waals surface area contributed by atoms with Gasteiger partial charge < -0.3 is 5.73 Å². The van der Waals surface area contributed by atoms with Crippen LogP contribution < -0.4 is 5.73 Å². The van der Waals surface area contributed by atoms with E-state index in [4.69, 9.17) is 5.73 Å². The molecule has 2 N–H and O–H groups in total. The van der Waals surface area contributed by atoms with Crippen molar-refractivity contribution in [2.45, 2.75) is 19.9 Å². The molecule has 1 aliphatic heterocycles. The first-order valence-electron chi connectivity index (χ1n) is 6.52. The summed E-state index contributed by atoms with van der Waals surface area (Å²) in [6.07, 6.45) is 0. The standard InChI is InChI=1S/C14H19F3N2/c1-8-6-19(7-9(8)2)13(5-18)10-3-11(15)14(17)12(16)4-10/h3-4,8-9,13H,5-7,18H2,1-2H3. The lowest BCUT2D eigenvalue weighted by molar-refractivity contribution is 0.238. The van der Waals surface area contributed by atoms with Crippen molar-refractivity contribution in [2.75, 3.05) is 19.6 Å². The molecule has 0 bridgehead atoms. The third-order valence-corrected chi connectivity index (χ3v) is 4.07. The average molecular weight is 272 g/mol. The molecule has 0 spiro atoms. The molecular formula is C14H19F3N2. The van der Waals surface area contributed by atoms with Crippen molar-refractivity contribution in [1.82, 2.24) is 4.90 Å². The van der Waals surface area contributed by atoms with Crippen LogP contribution in [0.2, 0.25) is 0 Å². The van der Waals surface area contributed by atoms with Crippen LogP contribution in [0.25, 0.3) is 0 Å². The number of benzene rings is 1. The van der Waals surface area contributed by atoms with Gasteiger partial charge in [-0.25, -0.2) is 13.2 Å². The Morgan fingerprint density at radius 2 is 1.63 bits per heavy atom. The molecule has 2 rings (SSSR count). The highest BCUT2D eigenvalue weighted by Gasteiger charge is 2.31. The minimum absolute atomic E-state index is 0.254. The van der Waals surface area contributed by atoms with Gasteiger partial charge in [-0.1, -0.05) is 13.8 Å². The number of hydrogen-bond donors (Lipinski definition) is 1. The highest BCUT2D eigenvalue weighted by molar-refractivity contribution is 5.23. The number of halogens is 3. The summed E-state index contributed by atoms with van der Waals surface area (Å²) in [6.45, 7) is 6.21. The molecule has 1 aliphatic rings. The maximum absolute atomic E-state index is 13.3. The summed E-state index contributed by atoms with van der Waals surface area (Å²) >= 11 is 0. The second kappa shape index (κ2) is 5.51. The average Bonchev–Trinajstić information content (AvgIpc) is 2.67. The van der Waals surface area contributed by atoms with E-state index in [1.54, 1.807) is 0 Å². The van der Waals surface area contributed by atoms with Gasteiger partial charge >= 0.3 is 0 Å². The number of rotatable bonds is 3. The van der Waals surface area contributed by atoms with Gasteiger partial charge in [-0.05, 0) is 29.5 Å². The Morgan fingerprint density at radius 1 is 1.16 bits per heavy atom. The van der Waals surface area contributed by atoms with Crippen LogP contribution in [-0.2, 0) is 0 Å². The van der Waals surface area contributed by atoms with Crippen LogP contribution in [0.5, 0.6) is 0 Å². The highest BCUT2D eigenvalue weighted by atomic mass is 19.2. The number of hydrogen-bond acceptors (Lipinski definition) is 2. The van der Waals surface area contributed by atoms with Crippen molar-refractivity contribution >= 4 is 0 Å². The first-order valence-corrected chi connectivity index (χ1v) is 6.52. The number of likely N-dealkylation sites (tertiary alicyclic amines) is 1. The molecule has 0 amide bonds. The first kappa shape index (κ1) is 14.3. The molecule has 19 heavy (non-hydrogen) atoms. The van der Waals surface area contributed by atoms with Gasteiger partial charge in [0.1, 0.15) is 0 Å². The molecule has 0 saturated carbocycles. The minimum atomic E-state index is -1.43. The zero-order valence-corrected chi connectivity index (χ0v) is 11.2. The van der Waals surface area contributed by atoms with E-state index >= 15 is 0 Å². The van der Waals surface area contributed by atoms with Gasteiger partial charge in [0.15, 0.2) is 17.5 Å². The molecule has 0 aromatic heterocycles. The fraction of sp³-hybridized carbons (Fsp3) is 0.571. The summed E-state index contributed by atoms with van der Waals surface area (Å²) in [7, 11) is 0. The van der Waals surface area contributed by atoms with E-state index in [1.807, 2.05) is 0 Å². The lowest BCUT2D eigenvalue weighted by atomic mass is 10.0. The number of nitrogens with zero attached hydrogens (tertiary/aromatic N) is 1. The van der Waals surface area contributed by atoms with Crippen molar-refractivity contribution in [2.24, 2.45) is 17.6 Å². The third kappa shape index (κ3) is 2.77. The molecule has 1 aromatic rings. The van der Waals surface area contributed by atoms with Gasteiger partial charge in [0.05, 0.1) is 0 Å². The van der Waals surface area contributed by atoms with E-state index in [1.165, 1.54) is 0 Å². The fourth-order valence-electron chi connectivity index (χ4n) is 2.69. The Bertz CT molecular complexity index is 431. The Hall–Kier alpha value is -1.07. The van der Waals surface area contributed by atoms with Crippen LogP contribution >= 0.6 is 0 Å². The molecular weight excluding hydrogens is 253 g/mol. The van der Waals surface area contributed by atoms with Crippen LogP contribution in [-0.4, -0.2) is 24.5 Å². The van der Waals surface area contributed by atoms with Gasteiger partial charge in [0.25, 0.3) is 0 Å². The first-order chi connectivity index (χ1) is 8.93. The fourth-order valence-corrected chi connectivity index (χ4v) is 2.69. The Morgan fingerprint density at radius 3 is 2.05 bits per heavy atom. The molecule has 3 atom stereocenters. The quantitative estimate of drug-likeness (QED) is 0.857. The van der Waals surface area contributed by atoms with E-state index in [9.17, 15) is 13.2 Å². The van der Waals surface area contributed by atoms with Crippen LogP contribution in [0.4, 0.5) is 13.2 Å². The monoisotopic (exact) mass is 272 g/mol. The smallest absolute Gasteiger partial charge is 0.194 e. The van der Waals surface area contributed by atoms with E-state index in [2.05, 4.69) is 18.7 Å². The van der Waals surface area contributed by atoms with Crippen LogP contribution in [0, 0.1) is 29.3 Å². The van der Waals surface area contributed by atoms with Gasteiger partial charge in [-0.2, -0.15) is 0 Å². The van der Waals surface area contributed by atoms with Crippen LogP contribution in [0.15, 0.2) is 12.1 Å². The summed E-state index contributed by atoms with van der Waals surface area (Å²) in [5.74, 6) is -2.71. The molecule has 3 unspecified atom stereocenters. The van der Waals surface area contributed by atoms with Gasteiger partial charge in [-0.3, -0.25) is 4.90 Å². The molecule has 106 valence electrons. The maximum Gasteiger partial charge on any atom is 0.194 e. The summed E-state index contributed by atoms with van der Waals surface area (Å²) in [5, 5.41) is 0. The topological polar surface area (TPSA) is 29.3 Å². The van der Waals surface area contributed by atoms with Crippen LogP contribution in [0.3, 0.4) is 0 Å². The lowest BCUT2D eigenvalue weighted by Crippen LogP contribution is -2.32. The Balaban J connectivity index is 2.28. The van der Waals surface area contributed by atoms with E-state index in [0.29, 0.717) is 17.4 Å². The molecule has 1 aromatic carbocycles. The minimum Gasteiger partial charge on any atom is -0.329 e. The van der Waals surface area contributed by atoms with Crippen molar-refractivity contribution in [3.63, 3.8) is 0 Å². The number of nitrogens with two attached hydrogens (primary N) is 1. The zero-order valence-electron chi connectivity index (χ0n) is 11.2. The normalized spacial score (nSPS) is 25.8. The van der Waals surface area contributed by atoms with Crippen molar-refractivity contribution < 1.29 is 13.2 Å². The summed E-state index contributed by atoms with van der Waals surface area (Å²) in [6, 6.07) is 1.82. The Kier molecular flexibility index (Phi) is 4.16. The molecule has 0 aliphatic carbocycles. The molecule has 1 heterocycles. The molecule has 0 radical (unpaired) electrons. The highest BCUT2D eigenvalue weighted by Crippen LogP contribution is 2.31. The predicted molar refractivity (Wildman–Crippen MR) is 68.0 cm³/mol. The molecule has 1 saturated heterocycles. The summed E-state index contributed by atoms with van der Waals surface area (Å²) in [5.41, 5.74) is 6.14. The predicted octanol–water partition coefficient (Wildman–Crippen LogP) is 2.69. The van der Waals surface area contributed by atoms with Crippen molar-refractivity contribution in [3.05, 3.63) is 35.1 Å². The van der Waals surface area contributed by atoms with E-state index in [-0.39, 0.29) is 12.6 Å². The molecule has 1 fully saturated rings. The summed E-state index contributed by atoms with van der Waals surface area (Å²) in [4.78, 5) is 2.11.